The zero-order chi connectivity index (χ0) is 21.8. The molecule has 0 bridgehead atoms. The summed E-state index contributed by atoms with van der Waals surface area (Å²) in [6.07, 6.45) is -7.30. The fourth-order valence-electron chi connectivity index (χ4n) is 1.35. The molecule has 2 atom stereocenters. The molecule has 0 spiro atoms. The van der Waals surface area contributed by atoms with Gasteiger partial charge in [0, 0.05) is 19.6 Å². The number of alkyl halides is 3. The van der Waals surface area contributed by atoms with Gasteiger partial charge in [0.2, 0.25) is 0 Å². The van der Waals surface area contributed by atoms with Gasteiger partial charge in [-0.2, -0.15) is 8.78 Å². The Balaban J connectivity index is -0.000000455. The summed E-state index contributed by atoms with van der Waals surface area (Å²) < 4.78 is 76.1. The molecule has 0 aliphatic heterocycles. The molecule has 0 amide bonds. The van der Waals surface area contributed by atoms with E-state index < -0.39 is 44.6 Å². The molecule has 4 N–H and O–H groups in total. The van der Waals surface area contributed by atoms with Crippen LogP contribution in [-0.2, 0) is 18.9 Å². The number of rotatable bonds is 17. The quantitative estimate of drug-likeness (QED) is 0.0964. The van der Waals surface area contributed by atoms with Gasteiger partial charge in [0.15, 0.2) is 0 Å². The zero-order valence-corrected chi connectivity index (χ0v) is 22.4. The minimum atomic E-state index is -3.88. The van der Waals surface area contributed by atoms with Crippen molar-refractivity contribution in [3.63, 3.8) is 0 Å². The predicted molar refractivity (Wildman–Crippen MR) is 85.6 cm³/mol. The molecule has 0 saturated carbocycles. The molecular formula is C15H28F5O8Rf-. The fourth-order valence-corrected chi connectivity index (χ4v) is 1.35. The van der Waals surface area contributed by atoms with Crippen LogP contribution in [0.25, 0.3) is 0 Å². The van der Waals surface area contributed by atoms with E-state index in [2.05, 4.69) is 14.2 Å². The number of aliphatic hydroxyl groups is 4. The number of halogens is 5. The third-order valence-electron chi connectivity index (χ3n) is 2.40. The van der Waals surface area contributed by atoms with Gasteiger partial charge in [-0.15, -0.1) is 0 Å². The molecule has 0 rings (SSSR count). The topological polar surface area (TPSA) is 118 Å². The van der Waals surface area contributed by atoms with Gasteiger partial charge in [-0.05, 0) is 13.0 Å². The Morgan fingerprint density at radius 3 is 1.79 bits per heavy atom. The van der Waals surface area contributed by atoms with Gasteiger partial charge in [0.25, 0.3) is 0 Å². The molecule has 174 valence electrons. The number of hydrogen-bond acceptors (Lipinski definition) is 8. The van der Waals surface area contributed by atoms with Crippen LogP contribution in [-0.4, -0.2) is 105 Å². The number of aliphatic hydroxyl groups excluding tert-OH is 3. The summed E-state index contributed by atoms with van der Waals surface area (Å²) in [6.45, 7) is -3.18. The first-order valence-electron chi connectivity index (χ1n) is 8.23. The summed E-state index contributed by atoms with van der Waals surface area (Å²) in [5.74, 6) is 0. The van der Waals surface area contributed by atoms with Crippen molar-refractivity contribution in [1.82, 2.24) is 0 Å². The molecule has 0 fully saturated rings. The Bertz CT molecular complexity index is 330. The van der Waals surface area contributed by atoms with E-state index in [1.54, 1.807) is 0 Å². The van der Waals surface area contributed by atoms with Gasteiger partial charge >= 0.3 is 6.11 Å². The average Bonchev–Trinajstić information content (AvgIpc) is 2.58. The van der Waals surface area contributed by atoms with E-state index in [0.717, 1.165) is 0 Å². The van der Waals surface area contributed by atoms with E-state index in [9.17, 15) is 22.0 Å². The molecule has 29 heavy (non-hydrogen) atoms. The SMILES string of the molecule is OC(COCCF)COC[C-](F)F.OCCCOCC(O)COCC(O)(F)F.[Rf]. The van der Waals surface area contributed by atoms with Crippen molar-refractivity contribution in [2.24, 2.45) is 0 Å². The largest absolute Gasteiger partial charge is 0.419 e. The van der Waals surface area contributed by atoms with Gasteiger partial charge in [0.1, 0.15) is 25.5 Å². The molecule has 0 heterocycles. The van der Waals surface area contributed by atoms with Crippen molar-refractivity contribution in [3.05, 3.63) is 6.43 Å². The summed E-state index contributed by atoms with van der Waals surface area (Å²) in [5, 5.41) is 34.4. The summed E-state index contributed by atoms with van der Waals surface area (Å²) in [7, 11) is 0. The maximum absolute atomic E-state index is 11.8. The van der Waals surface area contributed by atoms with Crippen LogP contribution in [0.5, 0.6) is 0 Å². The van der Waals surface area contributed by atoms with Crippen LogP contribution in [0.2, 0.25) is 0 Å². The first-order chi connectivity index (χ1) is 13.1. The Hall–Kier alpha value is -1.67. The fraction of sp³-hybridized carbons (Fsp3) is 0.933. The molecule has 0 aromatic heterocycles. The second kappa shape index (κ2) is 21.0. The Kier molecular flexibility index (Phi) is 23.2. The third-order valence-corrected chi connectivity index (χ3v) is 2.40. The molecule has 2 unspecified atom stereocenters. The van der Waals surface area contributed by atoms with Crippen LogP contribution >= 0.6 is 0 Å². The Morgan fingerprint density at radius 1 is 0.862 bits per heavy atom. The molecular weight excluding hydrogens is 670 g/mol. The molecule has 0 aromatic rings. The standard InChI is InChI=1S/C8H16F2O5.C7H12F3O3.Rf/c9-8(10,13)6-15-5-7(12)4-14-3-1-2-11;8-1-2-12-3-6(11)4-13-5-7(9)10;/h7,11-13H,1-6H2;6,11H,1-5H2;/q;-1;. The van der Waals surface area contributed by atoms with Crippen LogP contribution in [0.4, 0.5) is 22.0 Å². The van der Waals surface area contributed by atoms with E-state index in [0.29, 0.717) is 6.42 Å². The smallest absolute Gasteiger partial charge is 0.376 e. The third kappa shape index (κ3) is 31.3. The minimum absolute atomic E-state index is 0. The number of hydrogen-bond donors (Lipinski definition) is 4. The van der Waals surface area contributed by atoms with Gasteiger partial charge in [0.05, 0.1) is 33.0 Å². The molecule has 0 aliphatic rings. The van der Waals surface area contributed by atoms with Crippen LogP contribution in [0.3, 0.4) is 0 Å². The van der Waals surface area contributed by atoms with Gasteiger partial charge in [-0.3, -0.25) is 0 Å². The van der Waals surface area contributed by atoms with Crippen molar-refractivity contribution in [3.8, 4) is 0 Å². The van der Waals surface area contributed by atoms with Crippen molar-refractivity contribution in [1.29, 1.82) is 0 Å². The molecule has 0 aliphatic carbocycles. The minimum Gasteiger partial charge on any atom is -0.419 e. The normalized spacial score (nSPS) is 13.4. The van der Waals surface area contributed by atoms with E-state index in [1.807, 2.05) is 0 Å². The van der Waals surface area contributed by atoms with E-state index in [-0.39, 0.29) is 46.2 Å². The van der Waals surface area contributed by atoms with Crippen LogP contribution in [0.15, 0.2) is 0 Å². The summed E-state index contributed by atoms with van der Waals surface area (Å²) in [5.41, 5.74) is 0. The zero-order valence-electron chi connectivity index (χ0n) is 16.0. The van der Waals surface area contributed by atoms with Crippen molar-refractivity contribution < 1.29 is 61.3 Å². The predicted octanol–water partition coefficient (Wildman–Crippen LogP) is 0.126. The van der Waals surface area contributed by atoms with Gasteiger partial charge in [-0.25, -0.2) is 4.39 Å². The van der Waals surface area contributed by atoms with Gasteiger partial charge < -0.3 is 48.2 Å². The van der Waals surface area contributed by atoms with Crippen molar-refractivity contribution in [2.75, 3.05) is 66.1 Å². The van der Waals surface area contributed by atoms with Gasteiger partial charge in [-0.1, -0.05) is 0 Å². The second-order valence-corrected chi connectivity index (χ2v) is 5.26. The summed E-state index contributed by atoms with van der Waals surface area (Å²) in [4.78, 5) is 0. The Morgan fingerprint density at radius 2 is 1.34 bits per heavy atom. The summed E-state index contributed by atoms with van der Waals surface area (Å²) in [6, 6.07) is 0. The van der Waals surface area contributed by atoms with Crippen LogP contribution in [0.1, 0.15) is 6.42 Å². The van der Waals surface area contributed by atoms with Crippen LogP contribution < -0.4 is 0 Å². The maximum Gasteiger partial charge on any atom is 0.376 e. The maximum atomic E-state index is 11.8. The first-order valence-corrected chi connectivity index (χ1v) is 8.23. The molecule has 14 heteroatoms. The van der Waals surface area contributed by atoms with E-state index in [1.165, 1.54) is 0 Å². The van der Waals surface area contributed by atoms with Crippen LogP contribution in [0, 0.1) is 6.43 Å². The monoisotopic (exact) mass is 698 g/mol. The summed E-state index contributed by atoms with van der Waals surface area (Å²) >= 11 is 0. The first kappa shape index (κ1) is 32.0. The van der Waals surface area contributed by atoms with Crippen molar-refractivity contribution >= 4 is 0 Å². The molecule has 0 aromatic carbocycles. The number of ether oxygens (including phenoxy) is 4. The van der Waals surface area contributed by atoms with E-state index in [4.69, 9.17) is 25.2 Å². The van der Waals surface area contributed by atoms with E-state index >= 15 is 0 Å². The molecule has 0 radical (unpaired) electrons. The second-order valence-electron chi connectivity index (χ2n) is 5.26. The Labute approximate surface area is 159 Å². The average molecular weight is 698 g/mol. The molecule has 0 saturated heterocycles. The molecule has 8 nitrogen and oxygen atoms in total. The van der Waals surface area contributed by atoms with Crippen molar-refractivity contribution in [2.45, 2.75) is 24.7 Å².